The lowest BCUT2D eigenvalue weighted by atomic mass is 9.62. The fourth-order valence-corrected chi connectivity index (χ4v) is 7.73. The van der Waals surface area contributed by atoms with E-state index in [1.54, 1.807) is 36.4 Å². The normalized spacial score (nSPS) is 34.8. The molecule has 0 aromatic heterocycles. The van der Waals surface area contributed by atoms with Gasteiger partial charge in [-0.1, -0.05) is 48.6 Å². The zero-order valence-corrected chi connectivity index (χ0v) is 28.6. The van der Waals surface area contributed by atoms with Crippen LogP contribution in [-0.2, 0) is 51.2 Å². The standard InChI is InChI=1S/C36H43N3O14/c40-11-10-37-32(45)22-5-1-3-21(13-22)15-38-35(47)36-14-23-28-29(50-18-49-28)31(36)53-39(30(36)33(46)51-23)16-20-8-6-19(7-9-20)4-2-12-48-34-27(44)26(43)25(42)24(17-41)52-34/h1-9,13,23-31,34,40-44H,10-12,14-18H2,(H,37,45)(H,38,47)/t23-,24-,25+,26+,27-,28+,29+,30+,31-,34+,36+/m1/s1. The number of esters is 1. The molecule has 4 aliphatic heterocycles. The van der Waals surface area contributed by atoms with Crippen LogP contribution in [0, 0.1) is 5.41 Å². The Morgan fingerprint density at radius 1 is 0.981 bits per heavy atom. The van der Waals surface area contributed by atoms with Gasteiger partial charge in [-0.25, -0.2) is 0 Å². The molecule has 53 heavy (non-hydrogen) atoms. The third kappa shape index (κ3) is 7.22. The lowest BCUT2D eigenvalue weighted by Gasteiger charge is -2.48. The number of benzene rings is 2. The number of nitrogens with zero attached hydrogens (tertiary/aromatic N) is 1. The molecule has 286 valence electrons. The van der Waals surface area contributed by atoms with Gasteiger partial charge in [0.15, 0.2) is 12.3 Å². The molecule has 17 nitrogen and oxygen atoms in total. The van der Waals surface area contributed by atoms with Crippen molar-refractivity contribution in [3.8, 4) is 0 Å². The molecule has 7 rings (SSSR count). The molecular weight excluding hydrogens is 698 g/mol. The number of ether oxygens (including phenoxy) is 5. The molecule has 0 radical (unpaired) electrons. The molecule has 7 N–H and O–H groups in total. The zero-order valence-electron chi connectivity index (χ0n) is 28.6. The average Bonchev–Trinajstić information content (AvgIpc) is 3.80. The summed E-state index contributed by atoms with van der Waals surface area (Å²) in [5.41, 5.74) is 1.26. The summed E-state index contributed by atoms with van der Waals surface area (Å²) in [6.45, 7) is -0.441. The first-order valence-electron chi connectivity index (χ1n) is 17.5. The number of hydrogen-bond donors (Lipinski definition) is 7. The number of hydroxylamine groups is 2. The number of hydrogen-bond acceptors (Lipinski definition) is 15. The summed E-state index contributed by atoms with van der Waals surface area (Å²) in [5, 5.41) is 55.5. The van der Waals surface area contributed by atoms with Gasteiger partial charge in [0.05, 0.1) is 26.4 Å². The van der Waals surface area contributed by atoms with Gasteiger partial charge in [-0.05, 0) is 28.8 Å². The van der Waals surface area contributed by atoms with Crippen LogP contribution in [0.2, 0.25) is 0 Å². The number of carbonyl (C=O) groups excluding carboxylic acids is 3. The van der Waals surface area contributed by atoms with Crippen LogP contribution in [0.15, 0.2) is 54.6 Å². The Hall–Kier alpha value is -3.85. The van der Waals surface area contributed by atoms with Crippen LogP contribution in [0.5, 0.6) is 0 Å². The maximum absolute atomic E-state index is 14.3. The van der Waals surface area contributed by atoms with Crippen molar-refractivity contribution >= 4 is 23.9 Å². The van der Waals surface area contributed by atoms with E-state index in [-0.39, 0.29) is 52.0 Å². The molecule has 4 heterocycles. The first-order valence-corrected chi connectivity index (χ1v) is 17.5. The molecule has 2 amide bonds. The minimum atomic E-state index is -1.53. The monoisotopic (exact) mass is 741 g/mol. The molecule has 2 aromatic rings. The van der Waals surface area contributed by atoms with Crippen molar-refractivity contribution in [1.82, 2.24) is 15.7 Å². The SMILES string of the molecule is O=C(NCCO)c1cccc(CNC(=O)[C@@]23C[C@H]4OC(=O)[C@@H]2N(Cc2ccc(C=CCO[C@H]5O[C@H](CO)[C@H](O)[C@H](O)[C@H]5O)cc2)O[C@@H]3[C@H]2OCO[C@H]24)c1. The summed E-state index contributed by atoms with van der Waals surface area (Å²) >= 11 is 0. The van der Waals surface area contributed by atoms with Crippen LogP contribution < -0.4 is 10.6 Å². The third-order valence-corrected chi connectivity index (χ3v) is 10.4. The van der Waals surface area contributed by atoms with Gasteiger partial charge in [0, 0.05) is 25.1 Å². The van der Waals surface area contributed by atoms with E-state index in [1.165, 1.54) is 5.06 Å². The first kappa shape index (κ1) is 37.5. The predicted octanol–water partition coefficient (Wildman–Crippen LogP) is -1.90. The summed E-state index contributed by atoms with van der Waals surface area (Å²) in [4.78, 5) is 46.9. The van der Waals surface area contributed by atoms with Crippen LogP contribution in [0.25, 0.3) is 6.08 Å². The summed E-state index contributed by atoms with van der Waals surface area (Å²) in [5.74, 6) is -1.37. The van der Waals surface area contributed by atoms with Gasteiger partial charge in [-0.3, -0.25) is 19.2 Å². The second-order valence-corrected chi connectivity index (χ2v) is 13.6. The van der Waals surface area contributed by atoms with Crippen molar-refractivity contribution in [2.45, 2.75) is 80.7 Å². The van der Waals surface area contributed by atoms with Gasteiger partial charge in [0.1, 0.15) is 61.0 Å². The predicted molar refractivity (Wildman–Crippen MR) is 179 cm³/mol. The topological polar surface area (TPSA) is 235 Å². The van der Waals surface area contributed by atoms with E-state index in [9.17, 15) is 34.8 Å². The number of carbonyl (C=O) groups is 3. The minimum absolute atomic E-state index is 0.00171. The first-order chi connectivity index (χ1) is 25.6. The van der Waals surface area contributed by atoms with Crippen molar-refractivity contribution < 1.29 is 68.4 Å². The largest absolute Gasteiger partial charge is 0.458 e. The second-order valence-electron chi connectivity index (χ2n) is 13.6. The Kier molecular flexibility index (Phi) is 11.2. The Balaban J connectivity index is 1.02. The van der Waals surface area contributed by atoms with Crippen LogP contribution in [0.3, 0.4) is 0 Å². The number of aliphatic hydroxyl groups is 5. The molecule has 17 heteroatoms. The number of rotatable bonds is 13. The lowest BCUT2D eigenvalue weighted by molar-refractivity contribution is -0.298. The summed E-state index contributed by atoms with van der Waals surface area (Å²) in [6.07, 6.45) is -6.00. The van der Waals surface area contributed by atoms with Crippen LogP contribution in [0.1, 0.15) is 33.5 Å². The fraction of sp³-hybridized carbons (Fsp3) is 0.528. The average molecular weight is 742 g/mol. The van der Waals surface area contributed by atoms with Gasteiger partial charge in [-0.2, -0.15) is 5.06 Å². The van der Waals surface area contributed by atoms with E-state index in [2.05, 4.69) is 10.6 Å². The highest BCUT2D eigenvalue weighted by Crippen LogP contribution is 2.55. The van der Waals surface area contributed by atoms with Gasteiger partial charge < -0.3 is 59.9 Å². The van der Waals surface area contributed by atoms with Crippen LogP contribution >= 0.6 is 0 Å². The van der Waals surface area contributed by atoms with E-state index in [1.807, 2.05) is 24.3 Å². The molecule has 4 saturated heterocycles. The Bertz CT molecular complexity index is 1670. The van der Waals surface area contributed by atoms with Crippen LogP contribution in [0.4, 0.5) is 0 Å². The minimum Gasteiger partial charge on any atom is -0.458 e. The molecule has 5 aliphatic rings. The number of amides is 2. The molecular formula is C36H43N3O14. The quantitative estimate of drug-likeness (QED) is 0.111. The number of fused-ring (bicyclic) bond motifs is 4. The van der Waals surface area contributed by atoms with E-state index in [0.29, 0.717) is 11.1 Å². The Morgan fingerprint density at radius 2 is 1.77 bits per heavy atom. The lowest BCUT2D eigenvalue weighted by Crippen LogP contribution is -2.69. The molecule has 0 unspecified atom stereocenters. The van der Waals surface area contributed by atoms with E-state index < -0.39 is 85.1 Å². The highest BCUT2D eigenvalue weighted by atomic mass is 16.8. The van der Waals surface area contributed by atoms with Crippen molar-refractivity contribution in [3.63, 3.8) is 0 Å². The maximum Gasteiger partial charge on any atom is 0.327 e. The second kappa shape index (κ2) is 15.9. The molecule has 0 spiro atoms. The molecule has 2 aromatic carbocycles. The highest BCUT2D eigenvalue weighted by molar-refractivity contribution is 5.95. The summed E-state index contributed by atoms with van der Waals surface area (Å²) in [6, 6.07) is 13.0. The van der Waals surface area contributed by atoms with E-state index in [4.69, 9.17) is 33.6 Å². The molecule has 2 bridgehead atoms. The Labute approximate surface area is 303 Å². The van der Waals surface area contributed by atoms with Crippen molar-refractivity contribution in [1.29, 1.82) is 0 Å². The van der Waals surface area contributed by atoms with E-state index >= 15 is 0 Å². The maximum atomic E-state index is 14.3. The van der Waals surface area contributed by atoms with Gasteiger partial charge in [0.25, 0.3) is 5.91 Å². The number of aliphatic hydroxyl groups excluding tert-OH is 5. The van der Waals surface area contributed by atoms with E-state index in [0.717, 1.165) is 11.1 Å². The molecule has 11 atom stereocenters. The fourth-order valence-electron chi connectivity index (χ4n) is 7.73. The molecule has 5 fully saturated rings. The van der Waals surface area contributed by atoms with Crippen molar-refractivity contribution in [2.75, 3.05) is 33.2 Å². The van der Waals surface area contributed by atoms with Crippen LogP contribution in [-0.4, -0.2) is 143 Å². The smallest absolute Gasteiger partial charge is 0.327 e. The molecule has 1 aliphatic carbocycles. The van der Waals surface area contributed by atoms with Gasteiger partial charge in [-0.15, -0.1) is 0 Å². The third-order valence-electron chi connectivity index (χ3n) is 10.4. The Morgan fingerprint density at radius 3 is 2.55 bits per heavy atom. The summed E-state index contributed by atoms with van der Waals surface area (Å²) < 4.78 is 28.4. The molecule has 1 saturated carbocycles. The van der Waals surface area contributed by atoms with Crippen molar-refractivity contribution in [2.24, 2.45) is 5.41 Å². The zero-order chi connectivity index (χ0) is 37.3. The summed E-state index contributed by atoms with van der Waals surface area (Å²) in [7, 11) is 0. The number of nitrogens with one attached hydrogen (secondary N) is 2. The van der Waals surface area contributed by atoms with Gasteiger partial charge >= 0.3 is 5.97 Å². The highest BCUT2D eigenvalue weighted by Gasteiger charge is 2.74. The van der Waals surface area contributed by atoms with Gasteiger partial charge in [0.2, 0.25) is 5.91 Å². The van der Waals surface area contributed by atoms with Crippen molar-refractivity contribution in [3.05, 3.63) is 76.9 Å².